The monoisotopic (exact) mass is 405 g/mol. The maximum absolute atomic E-state index is 11.9. The molecule has 2 aliphatic rings. The summed E-state index contributed by atoms with van der Waals surface area (Å²) in [6.07, 6.45) is 4.52. The van der Waals surface area contributed by atoms with Gasteiger partial charge in [-0.3, -0.25) is 0 Å². The number of para-hydroxylation sites is 1. The molecule has 1 aromatic carbocycles. The molecule has 0 spiro atoms. The first-order chi connectivity index (χ1) is 14.6. The number of benzene rings is 1. The molecule has 2 aromatic heterocycles. The van der Waals surface area contributed by atoms with Gasteiger partial charge in [-0.2, -0.15) is 5.10 Å². The van der Waals surface area contributed by atoms with E-state index in [0.717, 1.165) is 67.9 Å². The number of likely N-dealkylation sites (N-methyl/N-ethyl adjacent to an activating group) is 1. The van der Waals surface area contributed by atoms with Crippen molar-refractivity contribution < 1.29 is 9.90 Å². The molecule has 1 aliphatic heterocycles. The molecule has 3 heterocycles. The Hall–Kier alpha value is -2.93. The molecule has 1 saturated heterocycles. The Bertz CT molecular complexity index is 1070. The van der Waals surface area contributed by atoms with Crippen molar-refractivity contribution in [1.82, 2.24) is 19.7 Å². The third-order valence-corrected chi connectivity index (χ3v) is 6.42. The van der Waals surface area contributed by atoms with E-state index in [4.69, 9.17) is 5.10 Å². The molecule has 1 aliphatic carbocycles. The van der Waals surface area contributed by atoms with E-state index in [9.17, 15) is 9.90 Å². The molecule has 30 heavy (non-hydrogen) atoms. The van der Waals surface area contributed by atoms with Gasteiger partial charge in [0, 0.05) is 25.6 Å². The van der Waals surface area contributed by atoms with E-state index in [1.54, 1.807) is 6.07 Å². The number of carbonyl (C=O) groups is 1. The lowest BCUT2D eigenvalue weighted by Gasteiger charge is -2.27. The maximum Gasteiger partial charge on any atom is 0.354 e. The maximum atomic E-state index is 11.9. The van der Waals surface area contributed by atoms with Gasteiger partial charge in [-0.05, 0) is 51.1 Å². The molecule has 0 unspecified atom stereocenters. The van der Waals surface area contributed by atoms with E-state index in [-0.39, 0.29) is 5.69 Å². The fourth-order valence-electron chi connectivity index (χ4n) is 4.49. The molecule has 0 bridgehead atoms. The SMILES string of the molecule is CN1CCCN(c2cc(C(=O)O)nc3c2c(C2CCC2)nn3-c2ccccc2)CC1. The highest BCUT2D eigenvalue weighted by Crippen LogP contribution is 2.42. The molecule has 156 valence electrons. The van der Waals surface area contributed by atoms with Crippen LogP contribution in [-0.4, -0.2) is 64.0 Å². The van der Waals surface area contributed by atoms with Gasteiger partial charge >= 0.3 is 5.97 Å². The fraction of sp³-hybridized carbons (Fsp3) is 0.435. The van der Waals surface area contributed by atoms with E-state index < -0.39 is 5.97 Å². The van der Waals surface area contributed by atoms with E-state index in [2.05, 4.69) is 21.8 Å². The first-order valence-corrected chi connectivity index (χ1v) is 10.8. The van der Waals surface area contributed by atoms with Gasteiger partial charge in [0.05, 0.1) is 22.5 Å². The molecule has 7 nitrogen and oxygen atoms in total. The number of carboxylic acids is 1. The van der Waals surface area contributed by atoms with Crippen molar-refractivity contribution in [3.05, 3.63) is 47.8 Å². The summed E-state index contributed by atoms with van der Waals surface area (Å²) in [6.45, 7) is 3.78. The van der Waals surface area contributed by atoms with E-state index in [1.807, 2.05) is 35.0 Å². The third-order valence-electron chi connectivity index (χ3n) is 6.42. The molecule has 2 fully saturated rings. The number of pyridine rings is 1. The van der Waals surface area contributed by atoms with Gasteiger partial charge in [-0.25, -0.2) is 14.5 Å². The highest BCUT2D eigenvalue weighted by atomic mass is 16.4. The van der Waals surface area contributed by atoms with Crippen LogP contribution in [0.5, 0.6) is 0 Å². The summed E-state index contributed by atoms with van der Waals surface area (Å²) in [5, 5.41) is 15.8. The second-order valence-corrected chi connectivity index (χ2v) is 8.43. The quantitative estimate of drug-likeness (QED) is 0.716. The summed E-state index contributed by atoms with van der Waals surface area (Å²) < 4.78 is 1.84. The summed E-state index contributed by atoms with van der Waals surface area (Å²) in [7, 11) is 2.14. The lowest BCUT2D eigenvalue weighted by atomic mass is 9.82. The first kappa shape index (κ1) is 19.1. The Kier molecular flexibility index (Phi) is 4.90. The molecule has 0 radical (unpaired) electrons. The minimum atomic E-state index is -1.00. The minimum absolute atomic E-state index is 0.0762. The number of fused-ring (bicyclic) bond motifs is 1. The van der Waals surface area contributed by atoms with Crippen LogP contribution in [0, 0.1) is 0 Å². The predicted molar refractivity (Wildman–Crippen MR) is 117 cm³/mol. The Balaban J connectivity index is 1.75. The number of anilines is 1. The van der Waals surface area contributed by atoms with Crippen LogP contribution in [0.15, 0.2) is 36.4 Å². The molecule has 0 atom stereocenters. The topological polar surface area (TPSA) is 74.5 Å². The largest absolute Gasteiger partial charge is 0.477 e. The Morgan fingerprint density at radius 2 is 1.87 bits per heavy atom. The van der Waals surface area contributed by atoms with Gasteiger partial charge in [0.2, 0.25) is 0 Å². The molecule has 7 heteroatoms. The van der Waals surface area contributed by atoms with E-state index in [0.29, 0.717) is 11.6 Å². The summed E-state index contributed by atoms with van der Waals surface area (Å²) in [5.41, 5.74) is 3.67. The van der Waals surface area contributed by atoms with Gasteiger partial charge in [-0.15, -0.1) is 0 Å². The summed E-state index contributed by atoms with van der Waals surface area (Å²) in [4.78, 5) is 21.2. The highest BCUT2D eigenvalue weighted by Gasteiger charge is 2.30. The zero-order valence-corrected chi connectivity index (χ0v) is 17.3. The Labute approximate surface area is 175 Å². The van der Waals surface area contributed by atoms with Gasteiger partial charge in [-0.1, -0.05) is 24.6 Å². The summed E-state index contributed by atoms with van der Waals surface area (Å²) in [6, 6.07) is 11.7. The zero-order valence-electron chi connectivity index (χ0n) is 17.3. The van der Waals surface area contributed by atoms with Crippen molar-refractivity contribution in [2.24, 2.45) is 0 Å². The second-order valence-electron chi connectivity index (χ2n) is 8.43. The minimum Gasteiger partial charge on any atom is -0.477 e. The highest BCUT2D eigenvalue weighted by molar-refractivity contribution is 5.98. The van der Waals surface area contributed by atoms with Crippen LogP contribution < -0.4 is 4.90 Å². The average molecular weight is 406 g/mol. The lowest BCUT2D eigenvalue weighted by molar-refractivity contribution is 0.0691. The van der Waals surface area contributed by atoms with Crippen LogP contribution in [0.25, 0.3) is 16.7 Å². The van der Waals surface area contributed by atoms with Crippen LogP contribution in [0.1, 0.15) is 47.8 Å². The number of aromatic carboxylic acids is 1. The van der Waals surface area contributed by atoms with Gasteiger partial charge in [0.15, 0.2) is 11.3 Å². The number of hydrogen-bond donors (Lipinski definition) is 1. The lowest BCUT2D eigenvalue weighted by Crippen LogP contribution is -2.29. The number of rotatable bonds is 4. The van der Waals surface area contributed by atoms with Crippen molar-refractivity contribution in [2.45, 2.75) is 31.6 Å². The van der Waals surface area contributed by atoms with Crippen LogP contribution in [0.4, 0.5) is 5.69 Å². The van der Waals surface area contributed by atoms with E-state index >= 15 is 0 Å². The predicted octanol–water partition coefficient (Wildman–Crippen LogP) is 3.53. The molecular formula is C23H27N5O2. The first-order valence-electron chi connectivity index (χ1n) is 10.8. The fourth-order valence-corrected chi connectivity index (χ4v) is 4.49. The number of aromatic nitrogens is 3. The van der Waals surface area contributed by atoms with Crippen molar-refractivity contribution in [1.29, 1.82) is 0 Å². The molecule has 1 N–H and O–H groups in total. The van der Waals surface area contributed by atoms with Crippen molar-refractivity contribution in [2.75, 3.05) is 38.1 Å². The average Bonchev–Trinajstić information content (AvgIpc) is 2.94. The van der Waals surface area contributed by atoms with Gasteiger partial charge in [0.1, 0.15) is 0 Å². The number of carboxylic acid groups (broad SMARTS) is 1. The standard InChI is InChI=1S/C23H27N5O2/c1-26-11-6-12-27(14-13-26)19-15-18(23(29)30)24-22-20(19)21(16-7-5-8-16)25-28(22)17-9-3-2-4-10-17/h2-4,9-10,15-16H,5-8,11-14H2,1H3,(H,29,30). The molecular weight excluding hydrogens is 378 g/mol. The van der Waals surface area contributed by atoms with Crippen LogP contribution in [-0.2, 0) is 0 Å². The Morgan fingerprint density at radius 1 is 1.07 bits per heavy atom. The van der Waals surface area contributed by atoms with Crippen LogP contribution in [0.2, 0.25) is 0 Å². The van der Waals surface area contributed by atoms with Gasteiger partial charge < -0.3 is 14.9 Å². The number of hydrogen-bond acceptors (Lipinski definition) is 5. The van der Waals surface area contributed by atoms with Crippen molar-refractivity contribution >= 4 is 22.7 Å². The second kappa shape index (κ2) is 7.72. The number of nitrogens with zero attached hydrogens (tertiary/aromatic N) is 5. The van der Waals surface area contributed by atoms with Crippen molar-refractivity contribution in [3.63, 3.8) is 0 Å². The molecule has 5 rings (SSSR count). The van der Waals surface area contributed by atoms with Crippen molar-refractivity contribution in [3.8, 4) is 5.69 Å². The van der Waals surface area contributed by atoms with E-state index in [1.165, 1.54) is 6.42 Å². The normalized spacial score (nSPS) is 18.4. The Morgan fingerprint density at radius 3 is 2.57 bits per heavy atom. The van der Waals surface area contributed by atoms with Gasteiger partial charge in [0.25, 0.3) is 0 Å². The summed E-state index contributed by atoms with van der Waals surface area (Å²) >= 11 is 0. The molecule has 3 aromatic rings. The smallest absolute Gasteiger partial charge is 0.354 e. The third kappa shape index (κ3) is 3.33. The van der Waals surface area contributed by atoms with Crippen LogP contribution >= 0.6 is 0 Å². The van der Waals surface area contributed by atoms with Crippen LogP contribution in [0.3, 0.4) is 0 Å². The molecule has 0 amide bonds. The summed E-state index contributed by atoms with van der Waals surface area (Å²) in [5.74, 6) is -0.584. The molecule has 1 saturated carbocycles. The zero-order chi connectivity index (χ0) is 20.7.